The van der Waals surface area contributed by atoms with Gasteiger partial charge in [-0.3, -0.25) is 4.79 Å². The third-order valence-electron chi connectivity index (χ3n) is 4.20. The van der Waals surface area contributed by atoms with Crippen molar-refractivity contribution in [2.45, 2.75) is 24.8 Å². The summed E-state index contributed by atoms with van der Waals surface area (Å²) in [5, 5.41) is 3.01. The van der Waals surface area contributed by atoms with E-state index in [0.717, 1.165) is 38.9 Å². The number of anilines is 1. The SMILES string of the molecule is NC1(C(=O)NCC2CCN(c3ccccc3)C2)CC1. The summed E-state index contributed by atoms with van der Waals surface area (Å²) in [6, 6.07) is 10.4. The maximum atomic E-state index is 11.8. The van der Waals surface area contributed by atoms with Gasteiger partial charge >= 0.3 is 0 Å². The third kappa shape index (κ3) is 2.73. The van der Waals surface area contributed by atoms with Crippen LogP contribution in [0, 0.1) is 5.92 Å². The van der Waals surface area contributed by atoms with Crippen molar-refractivity contribution in [3.8, 4) is 0 Å². The van der Waals surface area contributed by atoms with Crippen LogP contribution >= 0.6 is 0 Å². The number of carbonyl (C=O) groups excluding carboxylic acids is 1. The second-order valence-corrected chi connectivity index (χ2v) is 5.80. The van der Waals surface area contributed by atoms with Crippen LogP contribution in [-0.4, -0.2) is 31.1 Å². The summed E-state index contributed by atoms with van der Waals surface area (Å²) in [5.74, 6) is 0.567. The molecule has 1 saturated heterocycles. The first-order valence-corrected chi connectivity index (χ1v) is 7.04. The Kier molecular flexibility index (Phi) is 3.19. The monoisotopic (exact) mass is 259 g/mol. The van der Waals surface area contributed by atoms with Crippen LogP contribution < -0.4 is 16.0 Å². The second-order valence-electron chi connectivity index (χ2n) is 5.80. The molecule has 0 bridgehead atoms. The zero-order valence-corrected chi connectivity index (χ0v) is 11.1. The minimum absolute atomic E-state index is 0.0330. The van der Waals surface area contributed by atoms with Gasteiger partial charge < -0.3 is 16.0 Å². The van der Waals surface area contributed by atoms with Crippen molar-refractivity contribution in [2.75, 3.05) is 24.5 Å². The van der Waals surface area contributed by atoms with E-state index in [9.17, 15) is 4.79 Å². The number of hydrogen-bond donors (Lipinski definition) is 2. The van der Waals surface area contributed by atoms with Crippen molar-refractivity contribution in [3.63, 3.8) is 0 Å². The molecule has 3 N–H and O–H groups in total. The molecule has 1 unspecified atom stereocenters. The van der Waals surface area contributed by atoms with Gasteiger partial charge in [-0.2, -0.15) is 0 Å². The minimum Gasteiger partial charge on any atom is -0.371 e. The number of benzene rings is 1. The molecule has 4 nitrogen and oxygen atoms in total. The summed E-state index contributed by atoms with van der Waals surface area (Å²) in [6.45, 7) is 2.83. The van der Waals surface area contributed by atoms with E-state index in [4.69, 9.17) is 5.73 Å². The molecule has 102 valence electrons. The highest BCUT2D eigenvalue weighted by Gasteiger charge is 2.45. The van der Waals surface area contributed by atoms with Crippen LogP contribution in [0.2, 0.25) is 0 Å². The standard InChI is InChI=1S/C15H21N3O/c16-15(7-8-15)14(19)17-10-12-6-9-18(11-12)13-4-2-1-3-5-13/h1-5,12H,6-11,16H2,(H,17,19). The molecule has 0 spiro atoms. The summed E-state index contributed by atoms with van der Waals surface area (Å²) in [5.41, 5.74) is 6.60. The zero-order chi connectivity index (χ0) is 13.3. The molecule has 1 atom stereocenters. The molecular weight excluding hydrogens is 238 g/mol. The van der Waals surface area contributed by atoms with Crippen LogP contribution in [0.4, 0.5) is 5.69 Å². The first kappa shape index (κ1) is 12.5. The lowest BCUT2D eigenvalue weighted by Gasteiger charge is -2.19. The Balaban J connectivity index is 1.48. The van der Waals surface area contributed by atoms with Gasteiger partial charge in [-0.1, -0.05) is 18.2 Å². The van der Waals surface area contributed by atoms with E-state index in [-0.39, 0.29) is 5.91 Å². The number of rotatable bonds is 4. The second kappa shape index (κ2) is 4.85. The maximum absolute atomic E-state index is 11.8. The average molecular weight is 259 g/mol. The number of para-hydroxylation sites is 1. The fourth-order valence-corrected chi connectivity index (χ4v) is 2.65. The normalized spacial score (nSPS) is 24.3. The topological polar surface area (TPSA) is 58.4 Å². The maximum Gasteiger partial charge on any atom is 0.240 e. The van der Waals surface area contributed by atoms with Gasteiger partial charge in [0.2, 0.25) is 5.91 Å². The molecule has 1 aromatic rings. The number of nitrogens with one attached hydrogen (secondary N) is 1. The fourth-order valence-electron chi connectivity index (χ4n) is 2.65. The number of nitrogens with two attached hydrogens (primary N) is 1. The molecular formula is C15H21N3O. The Morgan fingerprint density at radius 3 is 2.79 bits per heavy atom. The first-order valence-electron chi connectivity index (χ1n) is 7.04. The number of nitrogens with zero attached hydrogens (tertiary/aromatic N) is 1. The van der Waals surface area contributed by atoms with Crippen molar-refractivity contribution >= 4 is 11.6 Å². The molecule has 19 heavy (non-hydrogen) atoms. The molecule has 2 aliphatic rings. The Hall–Kier alpha value is -1.55. The van der Waals surface area contributed by atoms with Crippen molar-refractivity contribution in [2.24, 2.45) is 11.7 Å². The van der Waals surface area contributed by atoms with Gasteiger partial charge in [0.25, 0.3) is 0 Å². The highest BCUT2D eigenvalue weighted by molar-refractivity contribution is 5.88. The number of carbonyl (C=O) groups is 1. The lowest BCUT2D eigenvalue weighted by Crippen LogP contribution is -2.44. The zero-order valence-electron chi connectivity index (χ0n) is 11.1. The lowest BCUT2D eigenvalue weighted by atomic mass is 10.1. The summed E-state index contributed by atoms with van der Waals surface area (Å²) in [6.07, 6.45) is 2.80. The summed E-state index contributed by atoms with van der Waals surface area (Å²) in [7, 11) is 0. The van der Waals surface area contributed by atoms with E-state index >= 15 is 0 Å². The summed E-state index contributed by atoms with van der Waals surface area (Å²) in [4.78, 5) is 14.2. The summed E-state index contributed by atoms with van der Waals surface area (Å²) < 4.78 is 0. The Morgan fingerprint density at radius 2 is 2.11 bits per heavy atom. The van der Waals surface area contributed by atoms with E-state index in [1.165, 1.54) is 5.69 Å². The Morgan fingerprint density at radius 1 is 1.37 bits per heavy atom. The minimum atomic E-state index is -0.544. The van der Waals surface area contributed by atoms with Gasteiger partial charge in [0.1, 0.15) is 0 Å². The van der Waals surface area contributed by atoms with Crippen molar-refractivity contribution in [3.05, 3.63) is 30.3 Å². The van der Waals surface area contributed by atoms with E-state index in [0.29, 0.717) is 5.92 Å². The van der Waals surface area contributed by atoms with E-state index in [1.807, 2.05) is 6.07 Å². The molecule has 1 aliphatic carbocycles. The van der Waals surface area contributed by atoms with Gasteiger partial charge in [-0.25, -0.2) is 0 Å². The van der Waals surface area contributed by atoms with Crippen LogP contribution in [0.25, 0.3) is 0 Å². The Bertz CT molecular complexity index is 456. The van der Waals surface area contributed by atoms with Gasteiger partial charge in [-0.15, -0.1) is 0 Å². The van der Waals surface area contributed by atoms with Gasteiger partial charge in [0.05, 0.1) is 5.54 Å². The number of amides is 1. The van der Waals surface area contributed by atoms with Crippen LogP contribution in [-0.2, 0) is 4.79 Å². The molecule has 1 amide bonds. The largest absolute Gasteiger partial charge is 0.371 e. The van der Waals surface area contributed by atoms with E-state index in [2.05, 4.69) is 34.5 Å². The molecule has 1 aromatic carbocycles. The molecule has 3 rings (SSSR count). The quantitative estimate of drug-likeness (QED) is 0.852. The van der Waals surface area contributed by atoms with Crippen LogP contribution in [0.1, 0.15) is 19.3 Å². The molecule has 0 aromatic heterocycles. The number of hydrogen-bond acceptors (Lipinski definition) is 3. The molecule has 1 heterocycles. The van der Waals surface area contributed by atoms with Crippen LogP contribution in [0.5, 0.6) is 0 Å². The van der Waals surface area contributed by atoms with Gasteiger partial charge in [0.15, 0.2) is 0 Å². The molecule has 0 radical (unpaired) electrons. The van der Waals surface area contributed by atoms with Gasteiger partial charge in [0, 0.05) is 25.3 Å². The summed E-state index contributed by atoms with van der Waals surface area (Å²) >= 11 is 0. The predicted octanol–water partition coefficient (Wildman–Crippen LogP) is 1.12. The van der Waals surface area contributed by atoms with E-state index in [1.54, 1.807) is 0 Å². The molecule has 2 fully saturated rings. The highest BCUT2D eigenvalue weighted by Crippen LogP contribution is 2.32. The van der Waals surface area contributed by atoms with E-state index < -0.39 is 5.54 Å². The highest BCUT2D eigenvalue weighted by atomic mass is 16.2. The smallest absolute Gasteiger partial charge is 0.240 e. The molecule has 4 heteroatoms. The van der Waals surface area contributed by atoms with Crippen molar-refractivity contribution in [1.29, 1.82) is 0 Å². The fraction of sp³-hybridized carbons (Fsp3) is 0.533. The van der Waals surface area contributed by atoms with Crippen molar-refractivity contribution < 1.29 is 4.79 Å². The van der Waals surface area contributed by atoms with Crippen LogP contribution in [0.3, 0.4) is 0 Å². The van der Waals surface area contributed by atoms with Crippen LogP contribution in [0.15, 0.2) is 30.3 Å². The molecule has 1 aliphatic heterocycles. The van der Waals surface area contributed by atoms with Crippen molar-refractivity contribution in [1.82, 2.24) is 5.32 Å². The molecule has 1 saturated carbocycles. The lowest BCUT2D eigenvalue weighted by molar-refractivity contribution is -0.123. The Labute approximate surface area is 114 Å². The average Bonchev–Trinajstić information content (AvgIpc) is 3.03. The first-order chi connectivity index (χ1) is 9.17. The third-order valence-corrected chi connectivity index (χ3v) is 4.20. The predicted molar refractivity (Wildman–Crippen MR) is 75.9 cm³/mol. The van der Waals surface area contributed by atoms with Gasteiger partial charge in [-0.05, 0) is 37.3 Å².